The molecule has 124 valence electrons. The zero-order chi connectivity index (χ0) is 16.7. The SMILES string of the molecule is CCS(=O)c1ccc(OC(CCN(C)C)c2ccccc2)cc1. The molecule has 0 bridgehead atoms. The minimum atomic E-state index is -0.919. The van der Waals surface area contributed by atoms with Crippen LogP contribution in [0.3, 0.4) is 0 Å². The lowest BCUT2D eigenvalue weighted by molar-refractivity contribution is 0.179. The highest BCUT2D eigenvalue weighted by atomic mass is 32.2. The Balaban J connectivity index is 2.12. The Kier molecular flexibility index (Phi) is 6.81. The smallest absolute Gasteiger partial charge is 0.125 e. The average molecular weight is 331 g/mol. The fourth-order valence-electron chi connectivity index (χ4n) is 2.34. The largest absolute Gasteiger partial charge is 0.486 e. The van der Waals surface area contributed by atoms with Gasteiger partial charge in [-0.1, -0.05) is 37.3 Å². The molecule has 2 atom stereocenters. The lowest BCUT2D eigenvalue weighted by atomic mass is 10.1. The van der Waals surface area contributed by atoms with Gasteiger partial charge in [-0.15, -0.1) is 0 Å². The van der Waals surface area contributed by atoms with Crippen molar-refractivity contribution in [1.82, 2.24) is 4.90 Å². The van der Waals surface area contributed by atoms with Gasteiger partial charge in [0, 0.05) is 23.6 Å². The zero-order valence-electron chi connectivity index (χ0n) is 14.1. The van der Waals surface area contributed by atoms with Crippen molar-refractivity contribution in [2.45, 2.75) is 24.3 Å². The van der Waals surface area contributed by atoms with Crippen LogP contribution in [0.1, 0.15) is 25.0 Å². The van der Waals surface area contributed by atoms with Gasteiger partial charge in [0.05, 0.1) is 10.8 Å². The second-order valence-corrected chi connectivity index (χ2v) is 7.45. The first-order valence-corrected chi connectivity index (χ1v) is 9.26. The first kappa shape index (κ1) is 17.7. The number of rotatable bonds is 8. The summed E-state index contributed by atoms with van der Waals surface area (Å²) < 4.78 is 18.0. The molecular weight excluding hydrogens is 306 g/mol. The van der Waals surface area contributed by atoms with E-state index in [1.165, 1.54) is 5.56 Å². The molecule has 3 nitrogen and oxygen atoms in total. The molecule has 0 aliphatic carbocycles. The molecule has 2 unspecified atom stereocenters. The Labute approximate surface area is 141 Å². The van der Waals surface area contributed by atoms with Crippen molar-refractivity contribution in [2.75, 3.05) is 26.4 Å². The molecule has 0 fully saturated rings. The second-order valence-electron chi connectivity index (χ2n) is 5.71. The third kappa shape index (κ3) is 5.48. The zero-order valence-corrected chi connectivity index (χ0v) is 14.9. The van der Waals surface area contributed by atoms with Gasteiger partial charge in [-0.3, -0.25) is 4.21 Å². The minimum absolute atomic E-state index is 0.0149. The Bertz CT molecular complexity index is 611. The summed E-state index contributed by atoms with van der Waals surface area (Å²) in [6.07, 6.45) is 0.931. The summed E-state index contributed by atoms with van der Waals surface area (Å²) in [6.45, 7) is 2.88. The number of hydrogen-bond donors (Lipinski definition) is 0. The number of hydrogen-bond acceptors (Lipinski definition) is 3. The Hall–Kier alpha value is -1.65. The van der Waals surface area contributed by atoms with Crippen LogP contribution < -0.4 is 4.74 Å². The normalized spacial score (nSPS) is 13.7. The molecule has 0 saturated carbocycles. The Morgan fingerprint density at radius 3 is 2.26 bits per heavy atom. The van der Waals surface area contributed by atoms with Gasteiger partial charge in [0.15, 0.2) is 0 Å². The first-order valence-electron chi connectivity index (χ1n) is 7.95. The maximum absolute atomic E-state index is 11.8. The fraction of sp³-hybridized carbons (Fsp3) is 0.368. The van der Waals surface area contributed by atoms with Crippen molar-refractivity contribution < 1.29 is 8.95 Å². The Morgan fingerprint density at radius 2 is 1.70 bits per heavy atom. The van der Waals surface area contributed by atoms with Crippen LogP contribution in [-0.4, -0.2) is 35.5 Å². The molecule has 0 amide bonds. The van der Waals surface area contributed by atoms with Crippen LogP contribution in [0.15, 0.2) is 59.5 Å². The topological polar surface area (TPSA) is 29.5 Å². The van der Waals surface area contributed by atoms with Crippen LogP contribution in [0.25, 0.3) is 0 Å². The maximum atomic E-state index is 11.8. The minimum Gasteiger partial charge on any atom is -0.486 e. The van der Waals surface area contributed by atoms with E-state index >= 15 is 0 Å². The van der Waals surface area contributed by atoms with Crippen molar-refractivity contribution >= 4 is 10.8 Å². The molecule has 0 radical (unpaired) electrons. The maximum Gasteiger partial charge on any atom is 0.125 e. The standard InChI is InChI=1S/C19H25NO2S/c1-4-23(21)18-12-10-17(11-13-18)22-19(14-15-20(2)3)16-8-6-5-7-9-16/h5-13,19H,4,14-15H2,1-3H3. The van der Waals surface area contributed by atoms with Crippen LogP contribution in [-0.2, 0) is 10.8 Å². The quantitative estimate of drug-likeness (QED) is 0.735. The van der Waals surface area contributed by atoms with Crippen LogP contribution in [0.4, 0.5) is 0 Å². The summed E-state index contributed by atoms with van der Waals surface area (Å²) in [5.74, 6) is 1.45. The van der Waals surface area contributed by atoms with Crippen LogP contribution in [0, 0.1) is 0 Å². The van der Waals surface area contributed by atoms with Gasteiger partial charge < -0.3 is 9.64 Å². The van der Waals surface area contributed by atoms with Crippen LogP contribution >= 0.6 is 0 Å². The van der Waals surface area contributed by atoms with Crippen molar-refractivity contribution in [3.8, 4) is 5.75 Å². The van der Waals surface area contributed by atoms with Gasteiger partial charge >= 0.3 is 0 Å². The first-order chi connectivity index (χ1) is 11.1. The summed E-state index contributed by atoms with van der Waals surface area (Å²) in [6, 6.07) is 17.9. The van der Waals surface area contributed by atoms with E-state index < -0.39 is 10.8 Å². The van der Waals surface area contributed by atoms with Crippen LogP contribution in [0.2, 0.25) is 0 Å². The summed E-state index contributed by atoms with van der Waals surface area (Å²) in [4.78, 5) is 3.01. The van der Waals surface area contributed by atoms with E-state index in [0.29, 0.717) is 5.75 Å². The van der Waals surface area contributed by atoms with E-state index in [1.54, 1.807) is 0 Å². The third-order valence-corrected chi connectivity index (χ3v) is 4.96. The molecule has 2 rings (SSSR count). The molecule has 4 heteroatoms. The molecule has 0 saturated heterocycles. The Morgan fingerprint density at radius 1 is 1.04 bits per heavy atom. The number of ether oxygens (including phenoxy) is 1. The fourth-order valence-corrected chi connectivity index (χ4v) is 3.11. The molecule has 2 aromatic rings. The molecule has 0 aliphatic rings. The van der Waals surface area contributed by atoms with E-state index in [4.69, 9.17) is 4.74 Å². The molecule has 2 aromatic carbocycles. The van der Waals surface area contributed by atoms with Gasteiger partial charge in [-0.25, -0.2) is 0 Å². The molecule has 0 heterocycles. The van der Waals surface area contributed by atoms with Crippen molar-refractivity contribution in [3.63, 3.8) is 0 Å². The average Bonchev–Trinajstić information content (AvgIpc) is 2.59. The monoisotopic (exact) mass is 331 g/mol. The van der Waals surface area contributed by atoms with Crippen molar-refractivity contribution in [2.24, 2.45) is 0 Å². The highest BCUT2D eigenvalue weighted by Gasteiger charge is 2.14. The molecular formula is C19H25NO2S. The van der Waals surface area contributed by atoms with Crippen molar-refractivity contribution in [3.05, 3.63) is 60.2 Å². The van der Waals surface area contributed by atoms with Gasteiger partial charge in [0.2, 0.25) is 0 Å². The number of nitrogens with zero attached hydrogens (tertiary/aromatic N) is 1. The summed E-state index contributed by atoms with van der Waals surface area (Å²) in [5.41, 5.74) is 1.18. The number of benzene rings is 2. The lowest BCUT2D eigenvalue weighted by Gasteiger charge is -2.21. The molecule has 0 aliphatic heterocycles. The van der Waals surface area contributed by atoms with E-state index in [0.717, 1.165) is 23.6 Å². The van der Waals surface area contributed by atoms with Crippen LogP contribution in [0.5, 0.6) is 5.75 Å². The predicted octanol–water partition coefficient (Wildman–Crippen LogP) is 3.89. The highest BCUT2D eigenvalue weighted by molar-refractivity contribution is 7.85. The van der Waals surface area contributed by atoms with Crippen molar-refractivity contribution in [1.29, 1.82) is 0 Å². The van der Waals surface area contributed by atoms with Gasteiger partial charge in [0.1, 0.15) is 11.9 Å². The highest BCUT2D eigenvalue weighted by Crippen LogP contribution is 2.25. The van der Waals surface area contributed by atoms with Gasteiger partial charge in [0.25, 0.3) is 0 Å². The van der Waals surface area contributed by atoms with E-state index in [-0.39, 0.29) is 6.10 Å². The predicted molar refractivity (Wildman–Crippen MR) is 96.4 cm³/mol. The molecule has 0 spiro atoms. The molecule has 0 aromatic heterocycles. The summed E-state index contributed by atoms with van der Waals surface area (Å²) in [5, 5.41) is 0. The molecule has 23 heavy (non-hydrogen) atoms. The lowest BCUT2D eigenvalue weighted by Crippen LogP contribution is -2.18. The second kappa shape index (κ2) is 8.85. The van der Waals surface area contributed by atoms with Gasteiger partial charge in [-0.05, 0) is 43.9 Å². The van der Waals surface area contributed by atoms with E-state index in [1.807, 2.05) is 49.4 Å². The van der Waals surface area contributed by atoms with E-state index in [2.05, 4.69) is 31.1 Å². The van der Waals surface area contributed by atoms with Gasteiger partial charge in [-0.2, -0.15) is 0 Å². The molecule has 0 N–H and O–H groups in total. The third-order valence-electron chi connectivity index (χ3n) is 3.64. The van der Waals surface area contributed by atoms with E-state index in [9.17, 15) is 4.21 Å². The summed E-state index contributed by atoms with van der Waals surface area (Å²) >= 11 is 0. The summed E-state index contributed by atoms with van der Waals surface area (Å²) in [7, 11) is 3.21.